The van der Waals surface area contributed by atoms with Gasteiger partial charge in [-0.25, -0.2) is 15.0 Å². The summed E-state index contributed by atoms with van der Waals surface area (Å²) < 4.78 is 12.5. The van der Waals surface area contributed by atoms with Crippen LogP contribution in [-0.2, 0) is 9.47 Å². The number of hydrogen-bond acceptors (Lipinski definition) is 8. The number of aromatic nitrogens is 4. The summed E-state index contributed by atoms with van der Waals surface area (Å²) in [5, 5.41) is 24.1. The van der Waals surface area contributed by atoms with Gasteiger partial charge in [0.25, 0.3) is 0 Å². The van der Waals surface area contributed by atoms with Crippen LogP contribution in [0.4, 0.5) is 5.82 Å². The zero-order valence-corrected chi connectivity index (χ0v) is 15.0. The number of nitrogens with zero attached hydrogens (tertiary/aromatic N) is 4. The molecular weight excluding hydrogens is 338 g/mol. The lowest BCUT2D eigenvalue weighted by atomic mass is 10.1. The summed E-state index contributed by atoms with van der Waals surface area (Å²) in [6.45, 7) is 2.02. The monoisotopic (exact) mass is 363 g/mol. The van der Waals surface area contributed by atoms with Crippen molar-refractivity contribution in [3.8, 4) is 0 Å². The van der Waals surface area contributed by atoms with Gasteiger partial charge in [-0.3, -0.25) is 4.57 Å². The van der Waals surface area contributed by atoms with Gasteiger partial charge in [0.05, 0.1) is 12.9 Å². The van der Waals surface area contributed by atoms with Gasteiger partial charge in [-0.1, -0.05) is 12.8 Å². The largest absolute Gasteiger partial charge is 0.387 e. The van der Waals surface area contributed by atoms with Crippen molar-refractivity contribution in [1.82, 2.24) is 19.5 Å². The van der Waals surface area contributed by atoms with Crippen LogP contribution in [0.3, 0.4) is 0 Å². The number of aliphatic hydroxyl groups is 2. The number of methoxy groups -OCH3 is 1. The molecule has 2 aliphatic rings. The summed E-state index contributed by atoms with van der Waals surface area (Å²) in [7, 11) is 1.53. The lowest BCUT2D eigenvalue weighted by molar-refractivity contribution is -0.0580. The molecule has 2 aromatic rings. The molecule has 0 bridgehead atoms. The molecular formula is C17H25N5O4. The zero-order valence-electron chi connectivity index (χ0n) is 15.0. The Bertz CT molecular complexity index is 776. The van der Waals surface area contributed by atoms with Crippen LogP contribution in [0.1, 0.15) is 37.7 Å². The molecule has 2 unspecified atom stereocenters. The fraction of sp³-hybridized carbons (Fsp3) is 0.706. The van der Waals surface area contributed by atoms with Gasteiger partial charge in [-0.2, -0.15) is 0 Å². The van der Waals surface area contributed by atoms with Crippen LogP contribution in [0, 0.1) is 6.92 Å². The third kappa shape index (κ3) is 3.05. The fourth-order valence-electron chi connectivity index (χ4n) is 3.84. The number of anilines is 1. The van der Waals surface area contributed by atoms with E-state index >= 15 is 0 Å². The molecule has 0 amide bonds. The van der Waals surface area contributed by atoms with Gasteiger partial charge in [0.2, 0.25) is 0 Å². The molecule has 4 rings (SSSR count). The van der Waals surface area contributed by atoms with E-state index in [2.05, 4.69) is 20.3 Å². The first kappa shape index (κ1) is 17.6. The second-order valence-corrected chi connectivity index (χ2v) is 7.07. The predicted molar refractivity (Wildman–Crippen MR) is 93.7 cm³/mol. The van der Waals surface area contributed by atoms with Crippen LogP contribution >= 0.6 is 0 Å². The van der Waals surface area contributed by atoms with Crippen molar-refractivity contribution in [3.63, 3.8) is 0 Å². The average Bonchev–Trinajstić information content (AvgIpc) is 3.32. The van der Waals surface area contributed by atoms with Crippen LogP contribution in [0.5, 0.6) is 0 Å². The highest BCUT2D eigenvalue weighted by Crippen LogP contribution is 2.33. The molecule has 142 valence electrons. The number of rotatable bonds is 5. The minimum Gasteiger partial charge on any atom is -0.387 e. The van der Waals surface area contributed by atoms with Crippen LogP contribution < -0.4 is 5.32 Å². The molecule has 9 heteroatoms. The van der Waals surface area contributed by atoms with Crippen molar-refractivity contribution in [2.45, 2.75) is 63.2 Å². The Morgan fingerprint density at radius 3 is 2.77 bits per heavy atom. The van der Waals surface area contributed by atoms with Gasteiger partial charge in [0, 0.05) is 13.2 Å². The van der Waals surface area contributed by atoms with Crippen molar-refractivity contribution in [3.05, 3.63) is 12.2 Å². The van der Waals surface area contributed by atoms with E-state index in [-0.39, 0.29) is 6.61 Å². The average molecular weight is 363 g/mol. The molecule has 1 saturated heterocycles. The van der Waals surface area contributed by atoms with Gasteiger partial charge in [0.15, 0.2) is 23.2 Å². The first-order chi connectivity index (χ1) is 12.6. The molecule has 1 aliphatic heterocycles. The maximum absolute atomic E-state index is 10.4. The summed E-state index contributed by atoms with van der Waals surface area (Å²) in [4.78, 5) is 13.5. The number of nitrogens with one attached hydrogen (secondary N) is 1. The summed E-state index contributed by atoms with van der Waals surface area (Å²) in [5.41, 5.74) is 1.22. The Kier molecular flexibility index (Phi) is 4.78. The first-order valence-corrected chi connectivity index (χ1v) is 9.06. The van der Waals surface area contributed by atoms with E-state index in [1.807, 2.05) is 6.92 Å². The third-order valence-corrected chi connectivity index (χ3v) is 5.17. The highest BCUT2D eigenvalue weighted by Gasteiger charge is 2.44. The van der Waals surface area contributed by atoms with Gasteiger partial charge in [0.1, 0.15) is 24.1 Å². The Balaban J connectivity index is 1.67. The molecule has 26 heavy (non-hydrogen) atoms. The molecule has 9 nitrogen and oxygen atoms in total. The molecule has 0 radical (unpaired) electrons. The molecule has 3 N–H and O–H groups in total. The summed E-state index contributed by atoms with van der Waals surface area (Å²) in [6, 6.07) is 0.402. The van der Waals surface area contributed by atoms with Crippen LogP contribution in [0.15, 0.2) is 6.33 Å². The Morgan fingerprint density at radius 1 is 1.27 bits per heavy atom. The van der Waals surface area contributed by atoms with Crippen LogP contribution in [0.25, 0.3) is 11.2 Å². The molecule has 2 aromatic heterocycles. The zero-order chi connectivity index (χ0) is 18.3. The second kappa shape index (κ2) is 7.07. The summed E-state index contributed by atoms with van der Waals surface area (Å²) >= 11 is 0. The van der Waals surface area contributed by atoms with Crippen molar-refractivity contribution in [2.24, 2.45) is 0 Å². The van der Waals surface area contributed by atoms with E-state index in [1.54, 1.807) is 10.9 Å². The lowest BCUT2D eigenvalue weighted by Crippen LogP contribution is -2.33. The third-order valence-electron chi connectivity index (χ3n) is 5.17. The molecule has 2 fully saturated rings. The van der Waals surface area contributed by atoms with E-state index in [1.165, 1.54) is 20.0 Å². The quantitative estimate of drug-likeness (QED) is 0.713. The molecule has 1 saturated carbocycles. The van der Waals surface area contributed by atoms with Crippen LogP contribution in [0.2, 0.25) is 0 Å². The van der Waals surface area contributed by atoms with Gasteiger partial charge >= 0.3 is 0 Å². The fourth-order valence-corrected chi connectivity index (χ4v) is 3.84. The minimum absolute atomic E-state index is 0.198. The molecule has 0 aromatic carbocycles. The maximum atomic E-state index is 10.4. The van der Waals surface area contributed by atoms with Crippen molar-refractivity contribution >= 4 is 17.0 Å². The van der Waals surface area contributed by atoms with Crippen molar-refractivity contribution in [2.75, 3.05) is 19.0 Å². The molecule has 3 heterocycles. The standard InChI is InChI=1S/C17H25N5O4/c1-9-19-15(21-10-5-3-4-6-10)12-16(20-9)22(8-18-12)17-14(24)13(23)11(26-17)7-25-2/h8,10-11,13-14,17,23-24H,3-7H2,1-2H3,(H,19,20,21)/t11-,13?,14?,17-/m1/s1. The lowest BCUT2D eigenvalue weighted by Gasteiger charge is -2.17. The van der Waals surface area contributed by atoms with Crippen molar-refractivity contribution < 1.29 is 19.7 Å². The number of aryl methyl sites for hydroxylation is 1. The Labute approximate surface area is 151 Å². The summed E-state index contributed by atoms with van der Waals surface area (Å²) in [6.07, 6.45) is 2.78. The smallest absolute Gasteiger partial charge is 0.167 e. The second-order valence-electron chi connectivity index (χ2n) is 7.07. The van der Waals surface area contributed by atoms with E-state index in [0.29, 0.717) is 28.8 Å². The highest BCUT2D eigenvalue weighted by molar-refractivity contribution is 5.83. The van der Waals surface area contributed by atoms with Gasteiger partial charge in [-0.15, -0.1) is 0 Å². The van der Waals surface area contributed by atoms with E-state index in [0.717, 1.165) is 12.8 Å². The number of hydrogen-bond donors (Lipinski definition) is 3. The van der Waals surface area contributed by atoms with Crippen LogP contribution in [-0.4, -0.2) is 67.8 Å². The normalized spacial score (nSPS) is 29.7. The molecule has 1 aliphatic carbocycles. The molecule has 0 spiro atoms. The van der Waals surface area contributed by atoms with Gasteiger partial charge < -0.3 is 25.0 Å². The van der Waals surface area contributed by atoms with E-state index < -0.39 is 24.5 Å². The van der Waals surface area contributed by atoms with E-state index in [4.69, 9.17) is 9.47 Å². The topological polar surface area (TPSA) is 115 Å². The Morgan fingerprint density at radius 2 is 2.04 bits per heavy atom. The first-order valence-electron chi connectivity index (χ1n) is 9.06. The highest BCUT2D eigenvalue weighted by atomic mass is 16.6. The number of aliphatic hydroxyl groups excluding tert-OH is 2. The SMILES string of the molecule is COC[C@H]1O[C@@H](n2cnc3c(NC4CCCC4)nc(C)nc32)C(O)C1O. The maximum Gasteiger partial charge on any atom is 0.167 e. The minimum atomic E-state index is -1.09. The number of fused-ring (bicyclic) bond motifs is 1. The molecule has 4 atom stereocenters. The predicted octanol–water partition coefficient (Wildman–Crippen LogP) is 0.755. The Hall–Kier alpha value is -1.81. The summed E-state index contributed by atoms with van der Waals surface area (Å²) in [5.74, 6) is 1.32. The van der Waals surface area contributed by atoms with Gasteiger partial charge in [-0.05, 0) is 19.8 Å². The van der Waals surface area contributed by atoms with Crippen molar-refractivity contribution in [1.29, 1.82) is 0 Å². The van der Waals surface area contributed by atoms with E-state index in [9.17, 15) is 10.2 Å². The number of imidazole rings is 1. The number of ether oxygens (including phenoxy) is 2.